The summed E-state index contributed by atoms with van der Waals surface area (Å²) in [5.41, 5.74) is 8.87. The number of benzene rings is 3. The van der Waals surface area contributed by atoms with E-state index in [-0.39, 0.29) is 16.2 Å². The first-order valence-electron chi connectivity index (χ1n) is 9.69. The Bertz CT molecular complexity index is 1250. The van der Waals surface area contributed by atoms with Gasteiger partial charge in [0, 0.05) is 5.69 Å². The van der Waals surface area contributed by atoms with Gasteiger partial charge in [-0.2, -0.15) is 8.42 Å². The van der Waals surface area contributed by atoms with Crippen LogP contribution in [0.15, 0.2) is 82.6 Å². The van der Waals surface area contributed by atoms with E-state index in [0.717, 1.165) is 11.1 Å². The molecule has 0 heterocycles. The Morgan fingerprint density at radius 2 is 1.29 bits per heavy atom. The van der Waals surface area contributed by atoms with Crippen LogP contribution in [0.5, 0.6) is 0 Å². The average Bonchev–Trinajstić information content (AvgIpc) is 2.73. The van der Waals surface area contributed by atoms with E-state index in [9.17, 15) is 16.8 Å². The molecule has 6 nitrogen and oxygen atoms in total. The zero-order chi connectivity index (χ0) is 22.6. The smallest absolute Gasteiger partial charge is 0.297 e. The van der Waals surface area contributed by atoms with Gasteiger partial charge in [-0.25, -0.2) is 8.42 Å². The molecule has 0 aromatic heterocycles. The number of anilines is 1. The molecule has 0 aliphatic heterocycles. The van der Waals surface area contributed by atoms with E-state index in [1.807, 2.05) is 13.8 Å². The Morgan fingerprint density at radius 3 is 1.84 bits per heavy atom. The summed E-state index contributed by atoms with van der Waals surface area (Å²) in [6.07, 6.45) is 0.0201. The minimum Gasteiger partial charge on any atom is -0.399 e. The minimum atomic E-state index is -4.12. The summed E-state index contributed by atoms with van der Waals surface area (Å²) >= 11 is 0. The van der Waals surface area contributed by atoms with Gasteiger partial charge >= 0.3 is 0 Å². The molecule has 31 heavy (non-hydrogen) atoms. The zero-order valence-electron chi connectivity index (χ0n) is 17.4. The molecule has 8 heteroatoms. The van der Waals surface area contributed by atoms with E-state index < -0.39 is 31.8 Å². The predicted molar refractivity (Wildman–Crippen MR) is 121 cm³/mol. The Labute approximate surface area is 183 Å². The third kappa shape index (κ3) is 5.52. The predicted octanol–water partition coefficient (Wildman–Crippen LogP) is 3.68. The summed E-state index contributed by atoms with van der Waals surface area (Å²) in [7, 11) is -8.01. The summed E-state index contributed by atoms with van der Waals surface area (Å²) in [5.74, 6) is 0. The molecule has 0 fully saturated rings. The molecule has 0 amide bonds. The van der Waals surface area contributed by atoms with Gasteiger partial charge in [-0.15, -0.1) is 0 Å². The van der Waals surface area contributed by atoms with Gasteiger partial charge in [-0.1, -0.05) is 53.6 Å². The van der Waals surface area contributed by atoms with Gasteiger partial charge in [0.05, 0.1) is 21.6 Å². The molecular weight excluding hydrogens is 434 g/mol. The third-order valence-electron chi connectivity index (χ3n) is 5.01. The van der Waals surface area contributed by atoms with Crippen LogP contribution in [0, 0.1) is 13.8 Å². The molecule has 0 saturated carbocycles. The summed E-state index contributed by atoms with van der Waals surface area (Å²) in [6, 6.07) is 19.5. The first-order valence-corrected chi connectivity index (χ1v) is 12.6. The van der Waals surface area contributed by atoms with Gasteiger partial charge in [-0.05, 0) is 56.2 Å². The Morgan fingerprint density at radius 1 is 0.774 bits per heavy atom. The normalized spacial score (nSPS) is 13.1. The van der Waals surface area contributed by atoms with Gasteiger partial charge in [-0.3, -0.25) is 4.18 Å². The standard InChI is InChI=1S/C23H25NO5S2/c1-17-7-11-20(12-8-17)30(25,26)22(15-19-5-3-4-6-23(19)24)16-29-31(27,28)21-13-9-18(2)10-14-21/h3-14,22H,15-16,24H2,1-2H3. The number of hydrogen-bond acceptors (Lipinski definition) is 6. The number of nitrogens with two attached hydrogens (primary N) is 1. The van der Waals surface area contributed by atoms with Crippen molar-refractivity contribution in [2.24, 2.45) is 0 Å². The fourth-order valence-electron chi connectivity index (χ4n) is 3.08. The van der Waals surface area contributed by atoms with Crippen LogP contribution in [0.1, 0.15) is 16.7 Å². The molecule has 3 aromatic carbocycles. The molecule has 0 bridgehead atoms. The summed E-state index contributed by atoms with van der Waals surface area (Å²) < 4.78 is 57.2. The maximum atomic E-state index is 13.3. The van der Waals surface area contributed by atoms with E-state index in [1.54, 1.807) is 48.5 Å². The third-order valence-corrected chi connectivity index (χ3v) is 8.42. The van der Waals surface area contributed by atoms with Crippen LogP contribution in [-0.2, 0) is 30.6 Å². The molecule has 0 spiro atoms. The van der Waals surface area contributed by atoms with Crippen LogP contribution in [0.4, 0.5) is 5.69 Å². The van der Waals surface area contributed by atoms with Crippen molar-refractivity contribution in [3.63, 3.8) is 0 Å². The maximum Gasteiger partial charge on any atom is 0.297 e. The van der Waals surface area contributed by atoms with E-state index in [2.05, 4.69) is 0 Å². The van der Waals surface area contributed by atoms with Crippen molar-refractivity contribution >= 4 is 25.6 Å². The SMILES string of the molecule is Cc1ccc(S(=O)(=O)OCC(Cc2ccccc2N)S(=O)(=O)c2ccc(C)cc2)cc1. The molecule has 164 valence electrons. The van der Waals surface area contributed by atoms with Crippen molar-refractivity contribution in [1.82, 2.24) is 0 Å². The van der Waals surface area contributed by atoms with Crippen molar-refractivity contribution in [2.45, 2.75) is 35.3 Å². The second-order valence-corrected chi connectivity index (χ2v) is 11.3. The van der Waals surface area contributed by atoms with Crippen molar-refractivity contribution in [3.8, 4) is 0 Å². The summed E-state index contributed by atoms with van der Waals surface area (Å²) in [6.45, 7) is 3.17. The zero-order valence-corrected chi connectivity index (χ0v) is 19.0. The Hall–Kier alpha value is -2.68. The molecule has 1 atom stereocenters. The lowest BCUT2D eigenvalue weighted by molar-refractivity contribution is 0.312. The van der Waals surface area contributed by atoms with Crippen LogP contribution < -0.4 is 5.73 Å². The average molecular weight is 460 g/mol. The van der Waals surface area contributed by atoms with E-state index in [4.69, 9.17) is 9.92 Å². The van der Waals surface area contributed by atoms with Crippen LogP contribution >= 0.6 is 0 Å². The second-order valence-electron chi connectivity index (χ2n) is 7.43. The highest BCUT2D eigenvalue weighted by atomic mass is 32.2. The Balaban J connectivity index is 1.93. The molecule has 2 N–H and O–H groups in total. The molecule has 0 radical (unpaired) electrons. The molecule has 3 aromatic rings. The number of para-hydroxylation sites is 1. The lowest BCUT2D eigenvalue weighted by atomic mass is 10.1. The number of aryl methyl sites for hydroxylation is 2. The maximum absolute atomic E-state index is 13.3. The lowest BCUT2D eigenvalue weighted by Crippen LogP contribution is -2.30. The largest absolute Gasteiger partial charge is 0.399 e. The highest BCUT2D eigenvalue weighted by molar-refractivity contribution is 7.92. The molecule has 3 rings (SSSR count). The quantitative estimate of drug-likeness (QED) is 0.407. The number of rotatable bonds is 8. The highest BCUT2D eigenvalue weighted by Crippen LogP contribution is 2.24. The highest BCUT2D eigenvalue weighted by Gasteiger charge is 2.31. The summed E-state index contributed by atoms with van der Waals surface area (Å²) in [4.78, 5) is 0.0812. The van der Waals surface area contributed by atoms with Crippen LogP contribution in [0.2, 0.25) is 0 Å². The fourth-order valence-corrected chi connectivity index (χ4v) is 5.66. The minimum absolute atomic E-state index is 0.0201. The number of nitrogen functional groups attached to an aromatic ring is 1. The van der Waals surface area contributed by atoms with Crippen molar-refractivity contribution in [1.29, 1.82) is 0 Å². The van der Waals surface area contributed by atoms with Gasteiger partial charge < -0.3 is 5.73 Å². The molecular formula is C23H25NO5S2. The van der Waals surface area contributed by atoms with Crippen LogP contribution in [0.3, 0.4) is 0 Å². The van der Waals surface area contributed by atoms with Crippen LogP contribution in [-0.4, -0.2) is 28.7 Å². The molecule has 0 aliphatic carbocycles. The fraction of sp³-hybridized carbons (Fsp3) is 0.217. The first-order chi connectivity index (χ1) is 14.6. The summed E-state index contributed by atoms with van der Waals surface area (Å²) in [5, 5.41) is -1.14. The van der Waals surface area contributed by atoms with Gasteiger partial charge in [0.15, 0.2) is 9.84 Å². The van der Waals surface area contributed by atoms with E-state index >= 15 is 0 Å². The monoisotopic (exact) mass is 459 g/mol. The van der Waals surface area contributed by atoms with Crippen molar-refractivity contribution in [3.05, 3.63) is 89.5 Å². The first kappa shape index (κ1) is 23.0. The number of sulfone groups is 1. The van der Waals surface area contributed by atoms with Gasteiger partial charge in [0.2, 0.25) is 0 Å². The molecule has 0 aliphatic rings. The van der Waals surface area contributed by atoms with Crippen molar-refractivity contribution in [2.75, 3.05) is 12.3 Å². The number of hydrogen-bond donors (Lipinski definition) is 1. The topological polar surface area (TPSA) is 104 Å². The van der Waals surface area contributed by atoms with E-state index in [1.165, 1.54) is 24.3 Å². The second kappa shape index (κ2) is 9.21. The molecule has 1 unspecified atom stereocenters. The molecule has 0 saturated heterocycles. The van der Waals surface area contributed by atoms with E-state index in [0.29, 0.717) is 11.3 Å². The van der Waals surface area contributed by atoms with Gasteiger partial charge in [0.1, 0.15) is 0 Å². The van der Waals surface area contributed by atoms with Crippen LogP contribution in [0.25, 0.3) is 0 Å². The van der Waals surface area contributed by atoms with Gasteiger partial charge in [0.25, 0.3) is 10.1 Å². The Kier molecular flexibility index (Phi) is 6.83. The lowest BCUT2D eigenvalue weighted by Gasteiger charge is -2.19. The van der Waals surface area contributed by atoms with Crippen molar-refractivity contribution < 1.29 is 21.0 Å².